The molecule has 1 aliphatic carbocycles. The molecule has 6 heteroatoms. The van der Waals surface area contributed by atoms with Gasteiger partial charge in [0, 0.05) is 12.8 Å². The second kappa shape index (κ2) is 8.71. The molecule has 0 radical (unpaired) electrons. The van der Waals surface area contributed by atoms with Gasteiger partial charge in [0.15, 0.2) is 5.79 Å². The number of hydrogen-bond donors (Lipinski definition) is 0. The lowest BCUT2D eigenvalue weighted by atomic mass is 9.99. The quantitative estimate of drug-likeness (QED) is 0.516. The Hall–Kier alpha value is -1.49. The van der Waals surface area contributed by atoms with Crippen LogP contribution in [0, 0.1) is 0 Å². The Morgan fingerprint density at radius 1 is 0.897 bits per heavy atom. The maximum absolute atomic E-state index is 13.3. The predicted molar refractivity (Wildman–Crippen MR) is 112 cm³/mol. The van der Waals surface area contributed by atoms with E-state index in [1.165, 1.54) is 0 Å². The van der Waals surface area contributed by atoms with E-state index in [9.17, 15) is 4.57 Å². The van der Waals surface area contributed by atoms with Crippen molar-refractivity contribution >= 4 is 7.60 Å². The van der Waals surface area contributed by atoms with Crippen molar-refractivity contribution in [2.75, 3.05) is 13.2 Å². The lowest BCUT2D eigenvalue weighted by Gasteiger charge is -2.26. The first-order valence-electron chi connectivity index (χ1n) is 10.4. The molecular formula is C23H29O5P. The molecule has 1 aliphatic heterocycles. The normalized spacial score (nSPS) is 26.2. The van der Waals surface area contributed by atoms with Crippen LogP contribution in [0.15, 0.2) is 60.7 Å². The van der Waals surface area contributed by atoms with Crippen molar-refractivity contribution in [3.63, 3.8) is 0 Å². The summed E-state index contributed by atoms with van der Waals surface area (Å²) in [6.45, 7) is 4.41. The monoisotopic (exact) mass is 416 g/mol. The minimum atomic E-state index is -3.19. The molecule has 0 unspecified atom stereocenters. The molecule has 5 nitrogen and oxygen atoms in total. The minimum Gasteiger partial charge on any atom is -0.339 e. The van der Waals surface area contributed by atoms with Crippen LogP contribution in [-0.4, -0.2) is 24.7 Å². The highest BCUT2D eigenvalue weighted by Crippen LogP contribution is 2.63. The zero-order valence-corrected chi connectivity index (χ0v) is 17.9. The van der Waals surface area contributed by atoms with Gasteiger partial charge in [-0.2, -0.15) is 0 Å². The van der Waals surface area contributed by atoms with E-state index in [2.05, 4.69) is 24.3 Å². The van der Waals surface area contributed by atoms with E-state index in [-0.39, 0.29) is 17.9 Å². The van der Waals surface area contributed by atoms with Gasteiger partial charge in [0.1, 0.15) is 12.2 Å². The fraction of sp³-hybridized carbons (Fsp3) is 0.478. The highest BCUT2D eigenvalue weighted by molar-refractivity contribution is 7.54. The van der Waals surface area contributed by atoms with E-state index in [0.29, 0.717) is 32.5 Å². The summed E-state index contributed by atoms with van der Waals surface area (Å²) in [5.41, 5.74) is 1.95. The van der Waals surface area contributed by atoms with E-state index in [1.54, 1.807) is 0 Å². The van der Waals surface area contributed by atoms with Crippen molar-refractivity contribution in [3.8, 4) is 0 Å². The number of rotatable bonds is 7. The van der Waals surface area contributed by atoms with Crippen LogP contribution in [0.2, 0.25) is 0 Å². The Morgan fingerprint density at radius 2 is 1.38 bits per heavy atom. The van der Waals surface area contributed by atoms with E-state index >= 15 is 0 Å². The Bertz CT molecular complexity index is 783. The second-order valence-electron chi connectivity index (χ2n) is 7.58. The topological polar surface area (TPSA) is 54.0 Å². The molecule has 0 bridgehead atoms. The summed E-state index contributed by atoms with van der Waals surface area (Å²) >= 11 is 0. The predicted octanol–water partition coefficient (Wildman–Crippen LogP) is 6.03. The van der Waals surface area contributed by atoms with Crippen LogP contribution in [0.25, 0.3) is 0 Å². The number of benzene rings is 2. The van der Waals surface area contributed by atoms with Crippen molar-refractivity contribution in [1.29, 1.82) is 0 Å². The summed E-state index contributed by atoms with van der Waals surface area (Å²) in [7, 11) is -3.19. The van der Waals surface area contributed by atoms with E-state index in [4.69, 9.17) is 18.5 Å². The van der Waals surface area contributed by atoms with Crippen LogP contribution >= 0.6 is 7.60 Å². The summed E-state index contributed by atoms with van der Waals surface area (Å²) in [5.74, 6) is -0.768. The molecule has 1 saturated carbocycles. The van der Waals surface area contributed by atoms with E-state index < -0.39 is 13.4 Å². The minimum absolute atomic E-state index is 0.212. The number of hydrogen-bond acceptors (Lipinski definition) is 5. The molecule has 0 amide bonds. The Balaban J connectivity index is 1.61. The second-order valence-corrected chi connectivity index (χ2v) is 9.91. The molecule has 29 heavy (non-hydrogen) atoms. The maximum Gasteiger partial charge on any atom is 0.333 e. The summed E-state index contributed by atoms with van der Waals surface area (Å²) < 4.78 is 37.7. The van der Waals surface area contributed by atoms with Gasteiger partial charge in [-0.05, 0) is 31.4 Å². The number of ether oxygens (including phenoxy) is 2. The summed E-state index contributed by atoms with van der Waals surface area (Å²) in [6, 6.07) is 20.3. The van der Waals surface area contributed by atoms with Gasteiger partial charge in [-0.1, -0.05) is 60.7 Å². The first-order chi connectivity index (χ1) is 14.1. The van der Waals surface area contributed by atoms with Crippen molar-refractivity contribution < 1.29 is 23.1 Å². The molecule has 2 aromatic rings. The highest BCUT2D eigenvalue weighted by atomic mass is 31.2. The van der Waals surface area contributed by atoms with Gasteiger partial charge < -0.3 is 18.5 Å². The zero-order chi connectivity index (χ0) is 20.3. The Labute approximate surface area is 172 Å². The molecule has 2 fully saturated rings. The van der Waals surface area contributed by atoms with Crippen LogP contribution in [0.5, 0.6) is 0 Å². The SMILES string of the molecule is CCOP(=O)(OCC)[C@H]1CCC2(C1)O[C@@H](c1ccccc1)[C@H](c1ccccc1)O2. The summed E-state index contributed by atoms with van der Waals surface area (Å²) in [6.07, 6.45) is 1.46. The van der Waals surface area contributed by atoms with Crippen molar-refractivity contribution in [2.24, 2.45) is 0 Å². The van der Waals surface area contributed by atoms with Crippen molar-refractivity contribution in [2.45, 2.75) is 56.8 Å². The molecule has 1 saturated heterocycles. The Morgan fingerprint density at radius 3 is 1.83 bits per heavy atom. The molecule has 1 heterocycles. The fourth-order valence-corrected chi connectivity index (χ4v) is 6.59. The zero-order valence-electron chi connectivity index (χ0n) is 17.0. The van der Waals surface area contributed by atoms with Crippen molar-refractivity contribution in [1.82, 2.24) is 0 Å². The lowest BCUT2D eigenvalue weighted by molar-refractivity contribution is -0.170. The molecule has 2 aromatic carbocycles. The molecule has 2 aliphatic rings. The summed E-state index contributed by atoms with van der Waals surface area (Å²) in [4.78, 5) is 0. The van der Waals surface area contributed by atoms with Gasteiger partial charge >= 0.3 is 7.60 Å². The Kier molecular flexibility index (Phi) is 6.24. The molecule has 3 atom stereocenters. The standard InChI is InChI=1S/C23H29O5P/c1-3-25-29(24,26-4-2)20-15-16-23(17-20)27-21(18-11-7-5-8-12-18)22(28-23)19-13-9-6-10-14-19/h5-14,20-22H,3-4,15-17H2,1-2H3/t20-,21-,22-/m0/s1. The van der Waals surface area contributed by atoms with Gasteiger partial charge in [-0.25, -0.2) is 0 Å². The molecule has 0 N–H and O–H groups in total. The van der Waals surface area contributed by atoms with Gasteiger partial charge in [-0.15, -0.1) is 0 Å². The van der Waals surface area contributed by atoms with Gasteiger partial charge in [0.25, 0.3) is 0 Å². The lowest BCUT2D eigenvalue weighted by Crippen LogP contribution is -2.27. The van der Waals surface area contributed by atoms with Gasteiger partial charge in [-0.3, -0.25) is 4.57 Å². The van der Waals surface area contributed by atoms with Crippen LogP contribution in [-0.2, 0) is 23.1 Å². The van der Waals surface area contributed by atoms with E-state index in [0.717, 1.165) is 11.1 Å². The highest BCUT2D eigenvalue weighted by Gasteiger charge is 2.56. The average molecular weight is 416 g/mol. The van der Waals surface area contributed by atoms with Crippen molar-refractivity contribution in [3.05, 3.63) is 71.8 Å². The van der Waals surface area contributed by atoms with Crippen LogP contribution in [0.1, 0.15) is 56.4 Å². The van der Waals surface area contributed by atoms with Crippen LogP contribution < -0.4 is 0 Å². The molecule has 1 spiro atoms. The molecular weight excluding hydrogens is 387 g/mol. The first-order valence-corrected chi connectivity index (χ1v) is 12.0. The van der Waals surface area contributed by atoms with Crippen LogP contribution in [0.3, 0.4) is 0 Å². The maximum atomic E-state index is 13.3. The molecule has 156 valence electrons. The third-order valence-corrected chi connectivity index (χ3v) is 8.26. The molecule has 0 aromatic heterocycles. The molecule has 4 rings (SSSR count). The third-order valence-electron chi connectivity index (χ3n) is 5.69. The van der Waals surface area contributed by atoms with Gasteiger partial charge in [0.05, 0.1) is 18.9 Å². The first kappa shape index (κ1) is 20.8. The largest absolute Gasteiger partial charge is 0.339 e. The van der Waals surface area contributed by atoms with Crippen LogP contribution in [0.4, 0.5) is 0 Å². The summed E-state index contributed by atoms with van der Waals surface area (Å²) in [5, 5.41) is 0. The van der Waals surface area contributed by atoms with Gasteiger partial charge in [0.2, 0.25) is 0 Å². The average Bonchev–Trinajstić information content (AvgIpc) is 3.34. The fourth-order valence-electron chi connectivity index (χ4n) is 4.43. The van der Waals surface area contributed by atoms with E-state index in [1.807, 2.05) is 50.2 Å². The smallest absolute Gasteiger partial charge is 0.333 e. The third kappa shape index (κ3) is 4.21.